The number of amides is 1. The van der Waals surface area contributed by atoms with Crippen LogP contribution in [0, 0.1) is 6.92 Å². The van der Waals surface area contributed by atoms with Crippen molar-refractivity contribution < 1.29 is 13.2 Å². The molecule has 0 bridgehead atoms. The number of hydrogen-bond acceptors (Lipinski definition) is 4. The average molecular weight is 335 g/mol. The van der Waals surface area contributed by atoms with E-state index in [1.54, 1.807) is 6.07 Å². The molecule has 1 aromatic carbocycles. The van der Waals surface area contributed by atoms with Crippen LogP contribution in [0.25, 0.3) is 0 Å². The van der Waals surface area contributed by atoms with Crippen LogP contribution in [-0.4, -0.2) is 14.3 Å². The number of carbonyl (C=O) groups is 1. The van der Waals surface area contributed by atoms with Crippen molar-refractivity contribution >= 4 is 27.3 Å². The van der Waals surface area contributed by atoms with E-state index >= 15 is 0 Å². The summed E-state index contributed by atoms with van der Waals surface area (Å²) in [4.78, 5) is 13.0. The van der Waals surface area contributed by atoms with Crippen LogP contribution in [0.4, 0.5) is 0 Å². The molecule has 0 spiro atoms. The molecule has 0 saturated carbocycles. The highest BCUT2D eigenvalue weighted by atomic mass is 32.2. The molecule has 22 heavy (non-hydrogen) atoms. The summed E-state index contributed by atoms with van der Waals surface area (Å²) in [7, 11) is -3.74. The molecule has 1 amide bonds. The number of benzene rings is 1. The SMILES string of the molecule is Cc1ccc(S(=O)(=O)NC(=O)CC2CCc3ccccc32)s1. The Morgan fingerprint density at radius 3 is 2.77 bits per heavy atom. The Hall–Kier alpha value is -1.66. The van der Waals surface area contributed by atoms with Crippen molar-refractivity contribution in [1.82, 2.24) is 4.72 Å². The Morgan fingerprint density at radius 1 is 1.27 bits per heavy atom. The third kappa shape index (κ3) is 3.08. The first-order valence-corrected chi connectivity index (χ1v) is 9.45. The van der Waals surface area contributed by atoms with Gasteiger partial charge in [0.15, 0.2) is 0 Å². The molecule has 1 aliphatic rings. The van der Waals surface area contributed by atoms with Crippen molar-refractivity contribution in [2.45, 2.75) is 36.3 Å². The molecule has 6 heteroatoms. The van der Waals surface area contributed by atoms with Gasteiger partial charge in [-0.25, -0.2) is 13.1 Å². The van der Waals surface area contributed by atoms with Gasteiger partial charge in [0.1, 0.15) is 4.21 Å². The number of rotatable bonds is 4. The molecule has 116 valence electrons. The van der Waals surface area contributed by atoms with Crippen LogP contribution in [-0.2, 0) is 21.2 Å². The summed E-state index contributed by atoms with van der Waals surface area (Å²) in [5, 5.41) is 0. The van der Waals surface area contributed by atoms with Crippen molar-refractivity contribution in [1.29, 1.82) is 0 Å². The predicted octanol–water partition coefficient (Wildman–Crippen LogP) is 2.98. The van der Waals surface area contributed by atoms with E-state index in [1.165, 1.54) is 28.5 Å². The summed E-state index contributed by atoms with van der Waals surface area (Å²) in [5.41, 5.74) is 2.43. The molecule has 0 aliphatic heterocycles. The highest BCUT2D eigenvalue weighted by molar-refractivity contribution is 7.92. The standard InChI is InChI=1S/C16H17NO3S2/c1-11-6-9-16(21-11)22(19,20)17-15(18)10-13-8-7-12-4-2-3-5-14(12)13/h2-6,9,13H,7-8,10H2,1H3,(H,17,18). The van der Waals surface area contributed by atoms with Crippen molar-refractivity contribution in [2.75, 3.05) is 0 Å². The molecule has 0 radical (unpaired) electrons. The number of hydrogen-bond donors (Lipinski definition) is 1. The van der Waals surface area contributed by atoms with E-state index in [-0.39, 0.29) is 16.5 Å². The van der Waals surface area contributed by atoms with Crippen molar-refractivity contribution in [3.63, 3.8) is 0 Å². The molecule has 1 unspecified atom stereocenters. The van der Waals surface area contributed by atoms with Gasteiger partial charge in [0.05, 0.1) is 0 Å². The Labute approximate surface area is 134 Å². The number of nitrogens with one attached hydrogen (secondary N) is 1. The van der Waals surface area contributed by atoms with E-state index in [9.17, 15) is 13.2 Å². The molecule has 1 aliphatic carbocycles. The molecule has 2 aromatic rings. The van der Waals surface area contributed by atoms with E-state index in [0.29, 0.717) is 0 Å². The number of carbonyl (C=O) groups excluding carboxylic acids is 1. The minimum Gasteiger partial charge on any atom is -0.274 e. The summed E-state index contributed by atoms with van der Waals surface area (Å²) in [6.07, 6.45) is 2.05. The molecule has 1 aromatic heterocycles. The third-order valence-electron chi connectivity index (χ3n) is 3.92. The van der Waals surface area contributed by atoms with Crippen LogP contribution in [0.15, 0.2) is 40.6 Å². The van der Waals surface area contributed by atoms with E-state index in [1.807, 2.05) is 25.1 Å². The van der Waals surface area contributed by atoms with Crippen LogP contribution in [0.3, 0.4) is 0 Å². The Bertz CT molecular complexity index is 808. The summed E-state index contributed by atoms with van der Waals surface area (Å²) < 4.78 is 26.7. The smallest absolute Gasteiger partial charge is 0.273 e. The monoisotopic (exact) mass is 335 g/mol. The summed E-state index contributed by atoms with van der Waals surface area (Å²) in [5.74, 6) is -0.329. The quantitative estimate of drug-likeness (QED) is 0.934. The Morgan fingerprint density at radius 2 is 2.05 bits per heavy atom. The first kappa shape index (κ1) is 15.2. The largest absolute Gasteiger partial charge is 0.274 e. The highest BCUT2D eigenvalue weighted by Crippen LogP contribution is 2.35. The van der Waals surface area contributed by atoms with Crippen LogP contribution >= 0.6 is 11.3 Å². The second-order valence-corrected chi connectivity index (χ2v) is 8.73. The topological polar surface area (TPSA) is 63.2 Å². The lowest BCUT2D eigenvalue weighted by Crippen LogP contribution is -2.30. The summed E-state index contributed by atoms with van der Waals surface area (Å²) in [6, 6.07) is 11.3. The fraction of sp³-hybridized carbons (Fsp3) is 0.312. The highest BCUT2D eigenvalue weighted by Gasteiger charge is 2.26. The van der Waals surface area contributed by atoms with Gasteiger partial charge < -0.3 is 0 Å². The number of sulfonamides is 1. The van der Waals surface area contributed by atoms with Crippen LogP contribution in [0.5, 0.6) is 0 Å². The summed E-state index contributed by atoms with van der Waals surface area (Å²) >= 11 is 1.17. The van der Waals surface area contributed by atoms with Gasteiger partial charge in [-0.15, -0.1) is 11.3 Å². The number of fused-ring (bicyclic) bond motifs is 1. The second kappa shape index (κ2) is 5.85. The van der Waals surface area contributed by atoms with Gasteiger partial charge in [-0.1, -0.05) is 24.3 Å². The zero-order chi connectivity index (χ0) is 15.7. The van der Waals surface area contributed by atoms with Crippen molar-refractivity contribution in [2.24, 2.45) is 0 Å². The lowest BCUT2D eigenvalue weighted by atomic mass is 9.98. The zero-order valence-corrected chi connectivity index (χ0v) is 13.8. The van der Waals surface area contributed by atoms with Gasteiger partial charge in [0.25, 0.3) is 10.0 Å². The lowest BCUT2D eigenvalue weighted by Gasteiger charge is -2.11. The summed E-state index contributed by atoms with van der Waals surface area (Å²) in [6.45, 7) is 1.83. The first-order valence-electron chi connectivity index (χ1n) is 7.15. The molecule has 0 fully saturated rings. The molecule has 1 heterocycles. The predicted molar refractivity (Wildman–Crippen MR) is 86.5 cm³/mol. The molecule has 3 rings (SSSR count). The fourth-order valence-corrected chi connectivity index (χ4v) is 5.16. The number of thiophene rings is 1. The second-order valence-electron chi connectivity index (χ2n) is 5.53. The van der Waals surface area contributed by atoms with Gasteiger partial charge in [0.2, 0.25) is 5.91 Å². The number of aryl methyl sites for hydroxylation is 2. The van der Waals surface area contributed by atoms with Gasteiger partial charge in [0, 0.05) is 11.3 Å². The molecular weight excluding hydrogens is 318 g/mol. The molecule has 0 saturated heterocycles. The van der Waals surface area contributed by atoms with E-state index in [2.05, 4.69) is 10.8 Å². The van der Waals surface area contributed by atoms with Crippen LogP contribution in [0.2, 0.25) is 0 Å². The van der Waals surface area contributed by atoms with Crippen molar-refractivity contribution in [3.05, 3.63) is 52.4 Å². The third-order valence-corrected chi connectivity index (χ3v) is 6.78. The van der Waals surface area contributed by atoms with Crippen LogP contribution < -0.4 is 4.72 Å². The normalized spacial score (nSPS) is 17.2. The Kier molecular flexibility index (Phi) is 4.06. The minimum atomic E-state index is -3.74. The molecule has 1 N–H and O–H groups in total. The molecule has 4 nitrogen and oxygen atoms in total. The van der Waals surface area contributed by atoms with Crippen LogP contribution in [0.1, 0.15) is 34.8 Å². The lowest BCUT2D eigenvalue weighted by molar-refractivity contribution is -0.119. The van der Waals surface area contributed by atoms with Gasteiger partial charge in [-0.05, 0) is 48.9 Å². The maximum atomic E-state index is 12.2. The van der Waals surface area contributed by atoms with E-state index in [0.717, 1.165) is 17.7 Å². The van der Waals surface area contributed by atoms with E-state index < -0.39 is 15.9 Å². The van der Waals surface area contributed by atoms with Crippen molar-refractivity contribution in [3.8, 4) is 0 Å². The van der Waals surface area contributed by atoms with E-state index in [4.69, 9.17) is 0 Å². The molecular formula is C16H17NO3S2. The molecule has 1 atom stereocenters. The zero-order valence-electron chi connectivity index (χ0n) is 12.2. The first-order chi connectivity index (χ1) is 10.5. The average Bonchev–Trinajstić information content (AvgIpc) is 3.06. The Balaban J connectivity index is 1.69. The van der Waals surface area contributed by atoms with Gasteiger partial charge in [-0.2, -0.15) is 0 Å². The van der Waals surface area contributed by atoms with Gasteiger partial charge >= 0.3 is 0 Å². The minimum absolute atomic E-state index is 0.108. The fourth-order valence-electron chi connectivity index (χ4n) is 2.88. The van der Waals surface area contributed by atoms with Gasteiger partial charge in [-0.3, -0.25) is 4.79 Å². The maximum absolute atomic E-state index is 12.2. The maximum Gasteiger partial charge on any atom is 0.273 e.